The van der Waals surface area contributed by atoms with Crippen LogP contribution < -0.4 is 11.1 Å². The molecule has 1 atom stereocenters. The molecule has 13 nitrogen and oxygen atoms in total. The van der Waals surface area contributed by atoms with Gasteiger partial charge in [-0.1, -0.05) is 0 Å². The first-order valence-corrected chi connectivity index (χ1v) is 13.5. The van der Waals surface area contributed by atoms with Crippen molar-refractivity contribution in [3.05, 3.63) is 36.4 Å². The van der Waals surface area contributed by atoms with Crippen LogP contribution in [0.15, 0.2) is 61.3 Å². The number of phenolic OH excluding ortho intramolecular Hbond substituents is 1. The zero-order valence-electron chi connectivity index (χ0n) is 17.2. The van der Waals surface area contributed by atoms with Gasteiger partial charge in [0.25, 0.3) is 20.2 Å². The summed E-state index contributed by atoms with van der Waals surface area (Å²) >= 11 is 0. The molecule has 0 radical (unpaired) electrons. The van der Waals surface area contributed by atoms with Gasteiger partial charge >= 0.3 is 0 Å². The van der Waals surface area contributed by atoms with Crippen molar-refractivity contribution in [1.29, 1.82) is 0 Å². The molecule has 0 amide bonds. The van der Waals surface area contributed by atoms with Gasteiger partial charge in [0, 0.05) is 12.7 Å². The monoisotopic (exact) mass is 530 g/mol. The third-order valence-corrected chi connectivity index (χ3v) is 7.34. The first kappa shape index (κ1) is 25.3. The van der Waals surface area contributed by atoms with Gasteiger partial charge in [0.05, 0.1) is 16.0 Å². The van der Waals surface area contributed by atoms with Crippen LogP contribution in [0.25, 0.3) is 10.8 Å². The summed E-state index contributed by atoms with van der Waals surface area (Å²) in [5, 5.41) is 20.3. The number of nitrogen functional groups attached to an aromatic ring is 1. The number of benzene rings is 3. The Morgan fingerprint density at radius 3 is 2.06 bits per heavy atom. The van der Waals surface area contributed by atoms with Crippen LogP contribution in [0.5, 0.6) is 5.75 Å². The second-order valence-electron chi connectivity index (χ2n) is 6.90. The lowest BCUT2D eigenvalue weighted by Crippen LogP contribution is -2.04. The number of nitrogens with two attached hydrogens (primary N) is 1. The second kappa shape index (κ2) is 8.49. The van der Waals surface area contributed by atoms with Gasteiger partial charge in [0.15, 0.2) is 0 Å². The zero-order valence-corrected chi connectivity index (χ0v) is 19.6. The van der Waals surface area contributed by atoms with E-state index in [-0.39, 0.29) is 21.4 Å². The van der Waals surface area contributed by atoms with Gasteiger partial charge in [-0.25, -0.2) is 4.21 Å². The van der Waals surface area contributed by atoms with Crippen LogP contribution >= 0.6 is 0 Å². The maximum Gasteiger partial charge on any atom is 0.296 e. The van der Waals surface area contributed by atoms with Crippen molar-refractivity contribution >= 4 is 69.4 Å². The zero-order chi connectivity index (χ0) is 25.6. The Labute approximate surface area is 194 Å². The first-order chi connectivity index (χ1) is 15.5. The summed E-state index contributed by atoms with van der Waals surface area (Å²) in [6.45, 7) is 0. The Hall–Kier alpha value is -3.28. The van der Waals surface area contributed by atoms with Gasteiger partial charge in [0.1, 0.15) is 36.7 Å². The number of aromatic hydroxyl groups is 1. The highest BCUT2D eigenvalue weighted by Crippen LogP contribution is 2.44. The van der Waals surface area contributed by atoms with E-state index in [9.17, 15) is 39.8 Å². The molecule has 34 heavy (non-hydrogen) atoms. The van der Waals surface area contributed by atoms with Gasteiger partial charge in [-0.2, -0.15) is 16.8 Å². The predicted molar refractivity (Wildman–Crippen MR) is 126 cm³/mol. The Morgan fingerprint density at radius 2 is 1.53 bits per heavy atom. The number of nitrogens with zero attached hydrogens (tertiary/aromatic N) is 2. The maximum atomic E-state index is 11.9. The lowest BCUT2D eigenvalue weighted by atomic mass is 10.1. The Morgan fingerprint density at radius 1 is 0.912 bits per heavy atom. The summed E-state index contributed by atoms with van der Waals surface area (Å²) in [6.07, 6.45) is 0. The summed E-state index contributed by atoms with van der Waals surface area (Å²) in [6, 6.07) is 6.42. The summed E-state index contributed by atoms with van der Waals surface area (Å²) in [7, 11) is -12.0. The van der Waals surface area contributed by atoms with Crippen LogP contribution in [0.2, 0.25) is 0 Å². The van der Waals surface area contributed by atoms with E-state index in [0.29, 0.717) is 5.69 Å². The smallest absolute Gasteiger partial charge is 0.296 e. The molecule has 0 heterocycles. The first-order valence-electron chi connectivity index (χ1n) is 8.91. The molecular weight excluding hydrogens is 512 g/mol. The standard InChI is InChI=1S/C18H18N4O9S3/c1-20-10-3-4-12(14(7-10)33(26,27)28)21-22-18-16-9(6-15(17(18)19)34(29,30)31)5-11(8-13(16)23)32(2,24)25/h3-8,20,23H,2,19H2,1H3,(H,24,25)(H,26,27,28)(H,29,30,31). The summed E-state index contributed by atoms with van der Waals surface area (Å²) in [4.78, 5) is -1.84. The van der Waals surface area contributed by atoms with E-state index in [2.05, 4.69) is 21.4 Å². The van der Waals surface area contributed by atoms with E-state index in [1.165, 1.54) is 19.2 Å². The fraction of sp³-hybridized carbons (Fsp3) is 0.0556. The average Bonchev–Trinajstić information content (AvgIpc) is 2.70. The Balaban J connectivity index is 2.40. The van der Waals surface area contributed by atoms with E-state index < -0.39 is 57.0 Å². The van der Waals surface area contributed by atoms with Crippen LogP contribution in [-0.2, 0) is 30.0 Å². The number of fused-ring (bicyclic) bond motifs is 1. The van der Waals surface area contributed by atoms with Crippen molar-refractivity contribution < 1.29 is 39.8 Å². The number of phenols is 1. The van der Waals surface area contributed by atoms with E-state index in [4.69, 9.17) is 5.73 Å². The average molecular weight is 531 g/mol. The van der Waals surface area contributed by atoms with Crippen molar-refractivity contribution in [2.24, 2.45) is 10.2 Å². The number of azo groups is 1. The molecule has 3 aromatic rings. The summed E-state index contributed by atoms with van der Waals surface area (Å²) in [5.74, 6) is 2.42. The number of nitrogens with one attached hydrogen (secondary N) is 1. The molecule has 3 aromatic carbocycles. The number of hydrogen-bond acceptors (Lipinski definition) is 10. The number of hydrogen-bond donors (Lipinski definition) is 6. The number of rotatable bonds is 6. The summed E-state index contributed by atoms with van der Waals surface area (Å²) in [5.41, 5.74) is 4.67. The number of anilines is 2. The lowest BCUT2D eigenvalue weighted by Gasteiger charge is -2.13. The van der Waals surface area contributed by atoms with E-state index in [1.807, 2.05) is 0 Å². The molecule has 0 aliphatic rings. The van der Waals surface area contributed by atoms with Gasteiger partial charge in [-0.05, 0) is 47.7 Å². The van der Waals surface area contributed by atoms with Gasteiger partial charge < -0.3 is 20.7 Å². The van der Waals surface area contributed by atoms with Gasteiger partial charge in [-0.15, -0.1) is 10.2 Å². The van der Waals surface area contributed by atoms with E-state index in [0.717, 1.165) is 24.3 Å². The highest BCUT2D eigenvalue weighted by atomic mass is 32.2. The topological polar surface area (TPSA) is 229 Å². The molecule has 0 aromatic heterocycles. The minimum Gasteiger partial charge on any atom is -0.507 e. The van der Waals surface area contributed by atoms with Crippen molar-refractivity contribution in [2.45, 2.75) is 14.7 Å². The largest absolute Gasteiger partial charge is 0.507 e. The highest BCUT2D eigenvalue weighted by Gasteiger charge is 2.23. The van der Waals surface area contributed by atoms with Gasteiger partial charge in [-0.3, -0.25) is 9.11 Å². The molecule has 7 N–H and O–H groups in total. The van der Waals surface area contributed by atoms with Crippen LogP contribution in [-0.4, -0.2) is 52.7 Å². The third kappa shape index (κ3) is 4.96. The van der Waals surface area contributed by atoms with Crippen LogP contribution in [0.3, 0.4) is 0 Å². The molecule has 0 aliphatic heterocycles. The molecule has 0 fully saturated rings. The van der Waals surface area contributed by atoms with Crippen LogP contribution in [0.4, 0.5) is 22.7 Å². The predicted octanol–water partition coefficient (Wildman–Crippen LogP) is 2.63. The molecule has 0 saturated carbocycles. The van der Waals surface area contributed by atoms with Crippen LogP contribution in [0.1, 0.15) is 0 Å². The molecule has 0 aliphatic carbocycles. The third-order valence-electron chi connectivity index (χ3n) is 4.60. The molecule has 0 bridgehead atoms. The van der Waals surface area contributed by atoms with E-state index >= 15 is 0 Å². The molecule has 182 valence electrons. The normalized spacial score (nSPS) is 14.4. The second-order valence-corrected chi connectivity index (χ2v) is 11.4. The lowest BCUT2D eigenvalue weighted by molar-refractivity contribution is 0.478. The molecule has 0 saturated heterocycles. The Bertz CT molecular complexity index is 1680. The minimum atomic E-state index is -4.93. The fourth-order valence-electron chi connectivity index (χ4n) is 3.03. The molecular formula is C18H18N4O9S3. The summed E-state index contributed by atoms with van der Waals surface area (Å²) < 4.78 is 88.0. The van der Waals surface area contributed by atoms with Crippen LogP contribution in [0, 0.1) is 0 Å². The minimum absolute atomic E-state index is 0.170. The quantitative estimate of drug-likeness (QED) is 0.117. The SMILES string of the molecule is C=S(=O)(O)c1cc(O)c2c(N=Nc3ccc(NC)cc3S(=O)(=O)O)c(N)c(S(=O)(=O)O)cc2c1. The van der Waals surface area contributed by atoms with Gasteiger partial charge in [0.2, 0.25) is 0 Å². The maximum absolute atomic E-state index is 11.9. The molecule has 16 heteroatoms. The van der Waals surface area contributed by atoms with E-state index in [1.54, 1.807) is 0 Å². The van der Waals surface area contributed by atoms with Crippen molar-refractivity contribution in [1.82, 2.24) is 0 Å². The Kier molecular flexibility index (Phi) is 6.33. The molecule has 1 unspecified atom stereocenters. The highest BCUT2D eigenvalue weighted by molar-refractivity contribution is 7.95. The molecule has 0 spiro atoms. The van der Waals surface area contributed by atoms with Crippen molar-refractivity contribution in [3.63, 3.8) is 0 Å². The fourth-order valence-corrected chi connectivity index (χ4v) is 4.93. The van der Waals surface area contributed by atoms with Crippen molar-refractivity contribution in [2.75, 3.05) is 18.1 Å². The molecule has 3 rings (SSSR count). The van der Waals surface area contributed by atoms with Crippen molar-refractivity contribution in [3.8, 4) is 5.75 Å².